The van der Waals surface area contributed by atoms with E-state index in [4.69, 9.17) is 0 Å². The van der Waals surface area contributed by atoms with Crippen LogP contribution >= 0.6 is 15.9 Å². The largest absolute Gasteiger partial charge is 0.317 e. The number of anilines is 1. The molecule has 0 atom stereocenters. The van der Waals surface area contributed by atoms with E-state index in [1.165, 1.54) is 0 Å². The summed E-state index contributed by atoms with van der Waals surface area (Å²) < 4.78 is 26.3. The van der Waals surface area contributed by atoms with E-state index in [0.29, 0.717) is 6.07 Å². The van der Waals surface area contributed by atoms with Crippen molar-refractivity contribution in [3.05, 3.63) is 40.4 Å². The molecule has 0 aliphatic carbocycles. The van der Waals surface area contributed by atoms with Gasteiger partial charge in [-0.05, 0) is 22.0 Å². The van der Waals surface area contributed by atoms with E-state index in [2.05, 4.69) is 36.4 Å². The van der Waals surface area contributed by atoms with Crippen molar-refractivity contribution in [2.45, 2.75) is 0 Å². The minimum absolute atomic E-state index is 0.0479. The highest BCUT2D eigenvalue weighted by Gasteiger charge is 2.13. The van der Waals surface area contributed by atoms with Crippen molar-refractivity contribution < 1.29 is 13.6 Å². The molecule has 0 aliphatic heterocycles. The zero-order valence-electron chi connectivity index (χ0n) is 8.17. The molecule has 1 aromatic heterocycles. The van der Waals surface area contributed by atoms with Gasteiger partial charge in [-0.3, -0.25) is 9.89 Å². The number of rotatable bonds is 2. The van der Waals surface area contributed by atoms with Crippen molar-refractivity contribution in [3.8, 4) is 0 Å². The van der Waals surface area contributed by atoms with Crippen LogP contribution in [-0.4, -0.2) is 21.1 Å². The SMILES string of the molecule is O=C(Nc1cc(Br)c(F)cc1F)c1ncn[nH]1. The maximum Gasteiger partial charge on any atom is 0.293 e. The number of hydrogen-bond donors (Lipinski definition) is 2. The lowest BCUT2D eigenvalue weighted by molar-refractivity contribution is 0.101. The Morgan fingerprint density at radius 3 is 2.76 bits per heavy atom. The molecule has 5 nitrogen and oxygen atoms in total. The van der Waals surface area contributed by atoms with Gasteiger partial charge in [0, 0.05) is 6.07 Å². The number of aromatic nitrogens is 3. The Labute approximate surface area is 102 Å². The number of benzene rings is 1. The maximum absolute atomic E-state index is 13.3. The number of amides is 1. The molecule has 8 heteroatoms. The van der Waals surface area contributed by atoms with Gasteiger partial charge in [0.2, 0.25) is 5.82 Å². The average molecular weight is 303 g/mol. The number of nitrogens with zero attached hydrogens (tertiary/aromatic N) is 2. The van der Waals surface area contributed by atoms with Gasteiger partial charge < -0.3 is 5.32 Å². The Kier molecular flexibility index (Phi) is 3.14. The van der Waals surface area contributed by atoms with Crippen LogP contribution in [0.2, 0.25) is 0 Å². The van der Waals surface area contributed by atoms with E-state index in [9.17, 15) is 13.6 Å². The van der Waals surface area contributed by atoms with E-state index >= 15 is 0 Å². The van der Waals surface area contributed by atoms with Gasteiger partial charge in [0.15, 0.2) is 0 Å². The quantitative estimate of drug-likeness (QED) is 0.835. The van der Waals surface area contributed by atoms with Crippen molar-refractivity contribution in [2.24, 2.45) is 0 Å². The number of aromatic amines is 1. The maximum atomic E-state index is 13.3. The topological polar surface area (TPSA) is 70.7 Å². The molecule has 2 N–H and O–H groups in total. The molecule has 0 aliphatic rings. The van der Waals surface area contributed by atoms with Gasteiger partial charge in [-0.25, -0.2) is 13.8 Å². The van der Waals surface area contributed by atoms with Gasteiger partial charge in [-0.15, -0.1) is 0 Å². The summed E-state index contributed by atoms with van der Waals surface area (Å²) in [5.74, 6) is -2.36. The standard InChI is InChI=1S/C9H5BrF2N4O/c10-4-1-7(6(12)2-5(4)11)15-9(17)8-13-3-14-16-8/h1-3H,(H,15,17)(H,13,14,16). The fourth-order valence-electron chi connectivity index (χ4n) is 1.11. The number of carbonyl (C=O) groups excluding carboxylic acids is 1. The fourth-order valence-corrected chi connectivity index (χ4v) is 1.46. The Hall–Kier alpha value is -1.83. The Morgan fingerprint density at radius 2 is 2.12 bits per heavy atom. The van der Waals surface area contributed by atoms with E-state index in [1.807, 2.05) is 0 Å². The van der Waals surface area contributed by atoms with Crippen molar-refractivity contribution in [3.63, 3.8) is 0 Å². The van der Waals surface area contributed by atoms with Gasteiger partial charge in [0.25, 0.3) is 5.91 Å². The Bertz CT molecular complexity index is 558. The fraction of sp³-hybridized carbons (Fsp3) is 0. The highest BCUT2D eigenvalue weighted by molar-refractivity contribution is 9.10. The summed E-state index contributed by atoms with van der Waals surface area (Å²) in [4.78, 5) is 15.1. The summed E-state index contributed by atoms with van der Waals surface area (Å²) in [5, 5.41) is 8.04. The molecule has 0 spiro atoms. The molecule has 0 radical (unpaired) electrons. The molecule has 0 unspecified atom stereocenters. The first-order chi connectivity index (χ1) is 8.08. The molecule has 1 amide bonds. The van der Waals surface area contributed by atoms with Crippen LogP contribution in [-0.2, 0) is 0 Å². The first-order valence-electron chi connectivity index (χ1n) is 4.39. The first kappa shape index (κ1) is 11.6. The van der Waals surface area contributed by atoms with Crippen molar-refractivity contribution in [1.82, 2.24) is 15.2 Å². The van der Waals surface area contributed by atoms with E-state index < -0.39 is 17.5 Å². The molecule has 17 heavy (non-hydrogen) atoms. The minimum atomic E-state index is -0.876. The van der Waals surface area contributed by atoms with Gasteiger partial charge >= 0.3 is 0 Å². The number of hydrogen-bond acceptors (Lipinski definition) is 3. The predicted octanol–water partition coefficient (Wildman–Crippen LogP) is 2.10. The van der Waals surface area contributed by atoms with Crippen molar-refractivity contribution >= 4 is 27.5 Å². The van der Waals surface area contributed by atoms with E-state index in [0.717, 1.165) is 12.4 Å². The average Bonchev–Trinajstić information content (AvgIpc) is 2.79. The van der Waals surface area contributed by atoms with Crippen molar-refractivity contribution in [1.29, 1.82) is 0 Å². The smallest absolute Gasteiger partial charge is 0.293 e. The number of H-pyrrole nitrogens is 1. The van der Waals surface area contributed by atoms with Crippen LogP contribution in [0.4, 0.5) is 14.5 Å². The number of nitrogens with one attached hydrogen (secondary N) is 2. The summed E-state index contributed by atoms with van der Waals surface area (Å²) in [7, 11) is 0. The lowest BCUT2D eigenvalue weighted by Crippen LogP contribution is -2.15. The summed E-state index contributed by atoms with van der Waals surface area (Å²) in [5.41, 5.74) is -0.153. The van der Waals surface area contributed by atoms with Gasteiger partial charge in [-0.1, -0.05) is 0 Å². The van der Waals surface area contributed by atoms with E-state index in [1.54, 1.807) is 0 Å². The molecular weight excluding hydrogens is 298 g/mol. The van der Waals surface area contributed by atoms with Crippen LogP contribution in [0.3, 0.4) is 0 Å². The highest BCUT2D eigenvalue weighted by atomic mass is 79.9. The molecule has 2 rings (SSSR count). The molecule has 1 aromatic carbocycles. The van der Waals surface area contributed by atoms with Crippen LogP contribution in [0.15, 0.2) is 22.9 Å². The summed E-state index contributed by atoms with van der Waals surface area (Å²) in [6.45, 7) is 0. The second-order valence-corrected chi connectivity index (χ2v) is 3.89. The molecule has 88 valence electrons. The third-order valence-corrected chi connectivity index (χ3v) is 2.50. The molecule has 2 aromatic rings. The van der Waals surface area contributed by atoms with Crippen LogP contribution in [0.1, 0.15) is 10.6 Å². The lowest BCUT2D eigenvalue weighted by atomic mass is 10.3. The zero-order chi connectivity index (χ0) is 12.4. The normalized spacial score (nSPS) is 10.3. The molecule has 1 heterocycles. The molecular formula is C9H5BrF2N4O. The monoisotopic (exact) mass is 302 g/mol. The number of carbonyl (C=O) groups is 1. The highest BCUT2D eigenvalue weighted by Crippen LogP contribution is 2.23. The first-order valence-corrected chi connectivity index (χ1v) is 5.18. The summed E-state index contributed by atoms with van der Waals surface area (Å²) in [6, 6.07) is 1.79. The third kappa shape index (κ3) is 2.47. The van der Waals surface area contributed by atoms with Gasteiger partial charge in [0.1, 0.15) is 18.0 Å². The van der Waals surface area contributed by atoms with Gasteiger partial charge in [0.05, 0.1) is 10.2 Å². The Morgan fingerprint density at radius 1 is 1.35 bits per heavy atom. The van der Waals surface area contributed by atoms with Gasteiger partial charge in [-0.2, -0.15) is 5.10 Å². The van der Waals surface area contributed by atoms with E-state index in [-0.39, 0.29) is 16.0 Å². The third-order valence-electron chi connectivity index (χ3n) is 1.89. The second-order valence-electron chi connectivity index (χ2n) is 3.03. The number of halogens is 3. The zero-order valence-corrected chi connectivity index (χ0v) is 9.75. The van der Waals surface area contributed by atoms with Crippen LogP contribution in [0.5, 0.6) is 0 Å². The lowest BCUT2D eigenvalue weighted by Gasteiger charge is -2.05. The minimum Gasteiger partial charge on any atom is -0.317 e. The molecule has 0 fully saturated rings. The summed E-state index contributed by atoms with van der Waals surface area (Å²) >= 11 is 2.89. The van der Waals surface area contributed by atoms with Crippen LogP contribution in [0.25, 0.3) is 0 Å². The van der Waals surface area contributed by atoms with Crippen molar-refractivity contribution in [2.75, 3.05) is 5.32 Å². The molecule has 0 saturated heterocycles. The summed E-state index contributed by atoms with van der Waals surface area (Å²) in [6.07, 6.45) is 1.14. The van der Waals surface area contributed by atoms with Crippen LogP contribution in [0, 0.1) is 11.6 Å². The molecule has 0 saturated carbocycles. The Balaban J connectivity index is 2.25. The predicted molar refractivity (Wildman–Crippen MR) is 58.4 cm³/mol. The molecule has 0 bridgehead atoms. The van der Waals surface area contributed by atoms with Crippen LogP contribution < -0.4 is 5.32 Å². The second kappa shape index (κ2) is 4.58.